The Hall–Kier alpha value is -2.70. The number of para-hydroxylation sites is 1. The molecule has 98 valence electrons. The van der Waals surface area contributed by atoms with E-state index < -0.39 is 24.4 Å². The first-order valence-electron chi connectivity index (χ1n) is 5.54. The number of aromatic amines is 1. The van der Waals surface area contributed by atoms with E-state index in [2.05, 4.69) is 15.3 Å². The maximum absolute atomic E-state index is 11.0. The molecule has 0 fully saturated rings. The molecule has 1 aromatic carbocycles. The van der Waals surface area contributed by atoms with Gasteiger partial charge in [0.15, 0.2) is 11.6 Å². The SMILES string of the molecule is O=C(O)CC(Nc1[nH+]cnc2ccccc12)C(=O)O. The van der Waals surface area contributed by atoms with Gasteiger partial charge in [-0.15, -0.1) is 4.98 Å². The Morgan fingerprint density at radius 3 is 2.74 bits per heavy atom. The highest BCUT2D eigenvalue weighted by atomic mass is 16.4. The summed E-state index contributed by atoms with van der Waals surface area (Å²) in [6.07, 6.45) is 0.907. The van der Waals surface area contributed by atoms with Crippen LogP contribution in [0.3, 0.4) is 0 Å². The van der Waals surface area contributed by atoms with E-state index in [1.54, 1.807) is 18.2 Å². The molecule has 7 nitrogen and oxygen atoms in total. The summed E-state index contributed by atoms with van der Waals surface area (Å²) in [5, 5.41) is 21.1. The fourth-order valence-corrected chi connectivity index (χ4v) is 1.71. The van der Waals surface area contributed by atoms with Crippen molar-refractivity contribution in [2.45, 2.75) is 12.5 Å². The van der Waals surface area contributed by atoms with Gasteiger partial charge in [-0.05, 0) is 12.1 Å². The number of hydrogen-bond acceptors (Lipinski definition) is 4. The molecule has 1 atom stereocenters. The lowest BCUT2D eigenvalue weighted by Gasteiger charge is -2.09. The van der Waals surface area contributed by atoms with E-state index in [0.717, 1.165) is 0 Å². The van der Waals surface area contributed by atoms with Crippen molar-refractivity contribution in [2.24, 2.45) is 0 Å². The van der Waals surface area contributed by atoms with Crippen LogP contribution in [0.4, 0.5) is 5.82 Å². The highest BCUT2D eigenvalue weighted by Crippen LogP contribution is 2.17. The highest BCUT2D eigenvalue weighted by molar-refractivity contribution is 5.90. The van der Waals surface area contributed by atoms with E-state index in [9.17, 15) is 9.59 Å². The number of nitrogens with zero attached hydrogens (tertiary/aromatic N) is 1. The Balaban J connectivity index is 2.33. The van der Waals surface area contributed by atoms with Crippen LogP contribution in [0.1, 0.15) is 6.42 Å². The Labute approximate surface area is 107 Å². The third-order valence-corrected chi connectivity index (χ3v) is 2.58. The lowest BCUT2D eigenvalue weighted by atomic mass is 10.2. The van der Waals surface area contributed by atoms with Crippen LogP contribution in [0.25, 0.3) is 10.9 Å². The van der Waals surface area contributed by atoms with Crippen LogP contribution in [0, 0.1) is 0 Å². The fraction of sp³-hybridized carbons (Fsp3) is 0.167. The van der Waals surface area contributed by atoms with Gasteiger partial charge in [0.25, 0.3) is 0 Å². The molecule has 0 bridgehead atoms. The highest BCUT2D eigenvalue weighted by Gasteiger charge is 2.25. The number of fused-ring (bicyclic) bond motifs is 1. The molecular formula is C12H12N3O4+. The van der Waals surface area contributed by atoms with Gasteiger partial charge in [0.2, 0.25) is 12.1 Å². The number of nitrogens with one attached hydrogen (secondary N) is 2. The van der Waals surface area contributed by atoms with Crippen molar-refractivity contribution in [1.29, 1.82) is 0 Å². The lowest BCUT2D eigenvalue weighted by Crippen LogP contribution is -2.34. The number of benzene rings is 1. The second-order valence-electron chi connectivity index (χ2n) is 3.93. The molecule has 0 saturated carbocycles. The zero-order valence-corrected chi connectivity index (χ0v) is 9.83. The average molecular weight is 262 g/mol. The molecule has 2 rings (SSSR count). The third kappa shape index (κ3) is 2.95. The second kappa shape index (κ2) is 5.30. The molecule has 0 aliphatic carbocycles. The Morgan fingerprint density at radius 1 is 1.32 bits per heavy atom. The minimum absolute atomic E-state index is 0.430. The normalized spacial score (nSPS) is 12.0. The fourth-order valence-electron chi connectivity index (χ4n) is 1.71. The summed E-state index contributed by atoms with van der Waals surface area (Å²) in [6, 6.07) is 5.93. The molecule has 4 N–H and O–H groups in total. The van der Waals surface area contributed by atoms with Crippen molar-refractivity contribution in [2.75, 3.05) is 5.32 Å². The van der Waals surface area contributed by atoms with Crippen molar-refractivity contribution in [3.05, 3.63) is 30.6 Å². The minimum Gasteiger partial charge on any atom is -0.481 e. The smallest absolute Gasteiger partial charge is 0.341 e. The number of aliphatic carboxylic acids is 2. The molecule has 0 saturated heterocycles. The number of hydrogen-bond donors (Lipinski definition) is 3. The van der Waals surface area contributed by atoms with Crippen molar-refractivity contribution < 1.29 is 24.8 Å². The van der Waals surface area contributed by atoms with Gasteiger partial charge in [-0.2, -0.15) is 0 Å². The van der Waals surface area contributed by atoms with Crippen LogP contribution >= 0.6 is 0 Å². The lowest BCUT2D eigenvalue weighted by molar-refractivity contribution is -0.364. The van der Waals surface area contributed by atoms with E-state index in [-0.39, 0.29) is 0 Å². The molecule has 0 radical (unpaired) electrons. The van der Waals surface area contributed by atoms with Crippen LogP contribution in [-0.2, 0) is 9.59 Å². The third-order valence-electron chi connectivity index (χ3n) is 2.58. The topological polar surface area (TPSA) is 114 Å². The van der Waals surface area contributed by atoms with E-state index >= 15 is 0 Å². The van der Waals surface area contributed by atoms with Crippen LogP contribution < -0.4 is 10.3 Å². The second-order valence-corrected chi connectivity index (χ2v) is 3.93. The Morgan fingerprint density at radius 2 is 2.05 bits per heavy atom. The van der Waals surface area contributed by atoms with E-state index in [4.69, 9.17) is 10.2 Å². The molecular weight excluding hydrogens is 250 g/mol. The zero-order valence-electron chi connectivity index (χ0n) is 9.83. The maximum Gasteiger partial charge on any atom is 0.341 e. The summed E-state index contributed by atoms with van der Waals surface area (Å²) in [6.45, 7) is 0. The first-order chi connectivity index (χ1) is 9.08. The number of carboxylic acid groups (broad SMARTS) is 2. The number of carbonyl (C=O) groups is 2. The van der Waals surface area contributed by atoms with Crippen molar-refractivity contribution in [3.8, 4) is 0 Å². The first-order valence-corrected chi connectivity index (χ1v) is 5.54. The van der Waals surface area contributed by atoms with Crippen LogP contribution in [0.15, 0.2) is 30.6 Å². The molecule has 0 aliphatic heterocycles. The van der Waals surface area contributed by atoms with Gasteiger partial charge in [0, 0.05) is 0 Å². The molecule has 7 heteroatoms. The average Bonchev–Trinajstić information content (AvgIpc) is 2.37. The number of carboxylic acids is 2. The zero-order chi connectivity index (χ0) is 13.8. The summed E-state index contributed by atoms with van der Waals surface area (Å²) < 4.78 is 0. The largest absolute Gasteiger partial charge is 0.481 e. The van der Waals surface area contributed by atoms with Crippen LogP contribution in [-0.4, -0.2) is 33.2 Å². The minimum atomic E-state index is -1.23. The van der Waals surface area contributed by atoms with Crippen LogP contribution in [0.5, 0.6) is 0 Å². The van der Waals surface area contributed by atoms with Gasteiger partial charge in [0.1, 0.15) is 0 Å². The van der Waals surface area contributed by atoms with Crippen molar-refractivity contribution in [1.82, 2.24) is 4.98 Å². The Kier molecular flexibility index (Phi) is 3.56. The molecule has 2 aromatic rings. The standard InChI is InChI=1S/C12H11N3O4/c16-10(17)5-9(12(18)19)15-11-7-3-1-2-4-8(7)13-6-14-11/h1-4,6,9H,5H2,(H,16,17)(H,18,19)(H,13,14,15)/p+1. The predicted molar refractivity (Wildman–Crippen MR) is 65.6 cm³/mol. The van der Waals surface area contributed by atoms with E-state index in [0.29, 0.717) is 16.7 Å². The van der Waals surface area contributed by atoms with Crippen molar-refractivity contribution in [3.63, 3.8) is 0 Å². The summed E-state index contributed by atoms with van der Waals surface area (Å²) in [5.74, 6) is -1.98. The number of H-pyrrole nitrogens is 1. The molecule has 19 heavy (non-hydrogen) atoms. The van der Waals surface area contributed by atoms with Crippen molar-refractivity contribution >= 4 is 28.7 Å². The molecule has 1 unspecified atom stereocenters. The number of anilines is 1. The number of rotatable bonds is 5. The summed E-state index contributed by atoms with van der Waals surface area (Å²) in [4.78, 5) is 28.5. The predicted octanol–water partition coefficient (Wildman–Crippen LogP) is 0.389. The van der Waals surface area contributed by atoms with Gasteiger partial charge in [-0.1, -0.05) is 12.1 Å². The van der Waals surface area contributed by atoms with Gasteiger partial charge in [-0.25, -0.2) is 9.78 Å². The van der Waals surface area contributed by atoms with Gasteiger partial charge in [-0.3, -0.25) is 10.1 Å². The molecule has 0 amide bonds. The van der Waals surface area contributed by atoms with Crippen LogP contribution in [0.2, 0.25) is 0 Å². The van der Waals surface area contributed by atoms with E-state index in [1.165, 1.54) is 6.33 Å². The Bertz CT molecular complexity index is 624. The van der Waals surface area contributed by atoms with Gasteiger partial charge < -0.3 is 10.2 Å². The van der Waals surface area contributed by atoms with Gasteiger partial charge in [0.05, 0.1) is 11.8 Å². The quantitative estimate of drug-likeness (QED) is 0.718. The first kappa shape index (κ1) is 12.7. The monoisotopic (exact) mass is 262 g/mol. The summed E-state index contributed by atoms with van der Waals surface area (Å²) >= 11 is 0. The maximum atomic E-state index is 11.0. The molecule has 0 spiro atoms. The van der Waals surface area contributed by atoms with E-state index in [1.807, 2.05) is 6.07 Å². The molecule has 1 aromatic heterocycles. The number of aromatic nitrogens is 2. The molecule has 0 aliphatic rings. The summed E-state index contributed by atoms with van der Waals surface area (Å²) in [5.41, 5.74) is 0.684. The van der Waals surface area contributed by atoms with Gasteiger partial charge >= 0.3 is 11.9 Å². The summed E-state index contributed by atoms with van der Waals surface area (Å²) in [7, 11) is 0. The molecule has 1 heterocycles.